The number of benzene rings is 1. The molecule has 1 unspecified atom stereocenters. The number of imide groups is 1. The number of rotatable bonds is 8. The van der Waals surface area contributed by atoms with Crippen LogP contribution in [-0.2, 0) is 20.9 Å². The lowest BCUT2D eigenvalue weighted by molar-refractivity contribution is -0.135. The molecule has 0 aliphatic carbocycles. The first kappa shape index (κ1) is 16.9. The summed E-state index contributed by atoms with van der Waals surface area (Å²) in [4.78, 5) is 35.2. The maximum Gasteiger partial charge on any atom is 0.249 e. The van der Waals surface area contributed by atoms with E-state index in [4.69, 9.17) is 0 Å². The third-order valence-electron chi connectivity index (χ3n) is 3.67. The van der Waals surface area contributed by atoms with Gasteiger partial charge in [0.2, 0.25) is 18.7 Å². The zero-order chi connectivity index (χ0) is 15.8. The number of carbonyl (C=O) groups is 3. The average molecular weight is 290 g/mol. The topological polar surface area (TPSA) is 66.5 Å². The highest BCUT2D eigenvalue weighted by molar-refractivity contribution is 5.91. The molecule has 1 rings (SSSR count). The minimum atomic E-state index is -0.627. The van der Waals surface area contributed by atoms with E-state index in [0.29, 0.717) is 25.8 Å². The van der Waals surface area contributed by atoms with Crippen LogP contribution in [0.25, 0.3) is 0 Å². The minimum Gasteiger partial charge on any atom is -0.329 e. The molecule has 0 bridgehead atoms. The minimum absolute atomic E-state index is 0.353. The van der Waals surface area contributed by atoms with Gasteiger partial charge in [0.1, 0.15) is 6.04 Å². The molecule has 0 aliphatic rings. The van der Waals surface area contributed by atoms with E-state index in [1.165, 1.54) is 4.90 Å². The summed E-state index contributed by atoms with van der Waals surface area (Å²) in [6.07, 6.45) is 2.29. The van der Waals surface area contributed by atoms with Crippen molar-refractivity contribution in [2.45, 2.75) is 46.2 Å². The van der Waals surface area contributed by atoms with Gasteiger partial charge in [-0.3, -0.25) is 19.7 Å². The fourth-order valence-corrected chi connectivity index (χ4v) is 2.28. The predicted octanol–water partition coefficient (Wildman–Crippen LogP) is 1.70. The second kappa shape index (κ2) is 8.19. The highest BCUT2D eigenvalue weighted by atomic mass is 16.2. The Morgan fingerprint density at radius 3 is 2.62 bits per heavy atom. The number of nitrogens with zero attached hydrogens (tertiary/aromatic N) is 1. The van der Waals surface area contributed by atoms with E-state index in [9.17, 15) is 14.4 Å². The van der Waals surface area contributed by atoms with Crippen LogP contribution in [0.2, 0.25) is 0 Å². The molecule has 5 nitrogen and oxygen atoms in total. The summed E-state index contributed by atoms with van der Waals surface area (Å²) in [5.41, 5.74) is 3.25. The van der Waals surface area contributed by atoms with Crippen molar-refractivity contribution in [2.75, 3.05) is 0 Å². The molecule has 1 aromatic rings. The van der Waals surface area contributed by atoms with Gasteiger partial charge in [-0.15, -0.1) is 0 Å². The molecule has 0 radical (unpaired) electrons. The summed E-state index contributed by atoms with van der Waals surface area (Å²) >= 11 is 0. The van der Waals surface area contributed by atoms with Crippen LogP contribution in [-0.4, -0.2) is 29.7 Å². The van der Waals surface area contributed by atoms with Crippen molar-refractivity contribution in [1.29, 1.82) is 0 Å². The quantitative estimate of drug-likeness (QED) is 0.741. The van der Waals surface area contributed by atoms with Crippen molar-refractivity contribution < 1.29 is 14.4 Å². The van der Waals surface area contributed by atoms with Gasteiger partial charge in [-0.2, -0.15) is 0 Å². The van der Waals surface area contributed by atoms with Gasteiger partial charge in [0.05, 0.1) is 0 Å². The molecule has 0 heterocycles. The number of aryl methyl sites for hydroxylation is 1. The Balaban J connectivity index is 2.98. The van der Waals surface area contributed by atoms with E-state index in [0.717, 1.165) is 23.1 Å². The molecule has 21 heavy (non-hydrogen) atoms. The van der Waals surface area contributed by atoms with Crippen LogP contribution in [0.15, 0.2) is 18.2 Å². The van der Waals surface area contributed by atoms with E-state index in [1.807, 2.05) is 39.0 Å². The molecule has 5 heteroatoms. The maximum atomic E-state index is 11.9. The molecule has 114 valence electrons. The first-order valence-electron chi connectivity index (χ1n) is 7.05. The lowest BCUT2D eigenvalue weighted by Gasteiger charge is -2.27. The second-order valence-electron chi connectivity index (χ2n) is 5.07. The number of nitrogens with one attached hydrogen (secondary N) is 1. The van der Waals surface area contributed by atoms with Gasteiger partial charge in [-0.05, 0) is 37.0 Å². The highest BCUT2D eigenvalue weighted by Crippen LogP contribution is 2.17. The molecule has 1 atom stereocenters. The van der Waals surface area contributed by atoms with Crippen LogP contribution in [0.4, 0.5) is 0 Å². The standard InChI is InChI=1S/C16H22N2O3/c1-4-6-15(16(21)17-10-19)18(11-20)9-14-8-5-7-12(2)13(14)3/h5,7-8,10-11,15H,4,6,9H2,1-3H3,(H,17,19,21). The van der Waals surface area contributed by atoms with Crippen molar-refractivity contribution in [3.63, 3.8) is 0 Å². The lowest BCUT2D eigenvalue weighted by atomic mass is 10.0. The van der Waals surface area contributed by atoms with Gasteiger partial charge in [0, 0.05) is 6.54 Å². The number of amides is 3. The number of hydrogen-bond donors (Lipinski definition) is 1. The SMILES string of the molecule is CCCC(C(=O)NC=O)N(C=O)Cc1cccc(C)c1C. The number of hydrogen-bond acceptors (Lipinski definition) is 3. The fourth-order valence-electron chi connectivity index (χ4n) is 2.28. The van der Waals surface area contributed by atoms with Crippen LogP contribution in [0.5, 0.6) is 0 Å². The zero-order valence-corrected chi connectivity index (χ0v) is 12.8. The van der Waals surface area contributed by atoms with Gasteiger partial charge in [0.25, 0.3) is 0 Å². The van der Waals surface area contributed by atoms with Gasteiger partial charge >= 0.3 is 0 Å². The Hall–Kier alpha value is -2.17. The molecule has 3 amide bonds. The second-order valence-corrected chi connectivity index (χ2v) is 5.07. The van der Waals surface area contributed by atoms with E-state index >= 15 is 0 Å². The number of carbonyl (C=O) groups excluding carboxylic acids is 3. The molecule has 0 saturated carbocycles. The molecule has 0 spiro atoms. The van der Waals surface area contributed by atoms with Crippen LogP contribution >= 0.6 is 0 Å². The summed E-state index contributed by atoms with van der Waals surface area (Å²) in [6, 6.07) is 5.25. The van der Waals surface area contributed by atoms with Crippen molar-refractivity contribution in [1.82, 2.24) is 10.2 Å². The highest BCUT2D eigenvalue weighted by Gasteiger charge is 2.24. The molecular formula is C16H22N2O3. The largest absolute Gasteiger partial charge is 0.329 e. The summed E-state index contributed by atoms with van der Waals surface area (Å²) in [6.45, 7) is 6.29. The first-order chi connectivity index (χ1) is 10.0. The summed E-state index contributed by atoms with van der Waals surface area (Å²) in [5, 5.41) is 2.14. The smallest absolute Gasteiger partial charge is 0.249 e. The fraction of sp³-hybridized carbons (Fsp3) is 0.438. The van der Waals surface area contributed by atoms with Gasteiger partial charge < -0.3 is 4.90 Å². The predicted molar refractivity (Wildman–Crippen MR) is 80.4 cm³/mol. The van der Waals surface area contributed by atoms with Gasteiger partial charge in [0.15, 0.2) is 0 Å². The monoisotopic (exact) mass is 290 g/mol. The Morgan fingerprint density at radius 1 is 1.33 bits per heavy atom. The van der Waals surface area contributed by atoms with Crippen LogP contribution in [0, 0.1) is 13.8 Å². The Kier molecular flexibility index (Phi) is 6.59. The van der Waals surface area contributed by atoms with Crippen molar-refractivity contribution in [3.05, 3.63) is 34.9 Å². The van der Waals surface area contributed by atoms with Crippen molar-refractivity contribution in [2.24, 2.45) is 0 Å². The van der Waals surface area contributed by atoms with Crippen molar-refractivity contribution in [3.8, 4) is 0 Å². The third-order valence-corrected chi connectivity index (χ3v) is 3.67. The Morgan fingerprint density at radius 2 is 2.05 bits per heavy atom. The zero-order valence-electron chi connectivity index (χ0n) is 12.8. The van der Waals surface area contributed by atoms with Crippen LogP contribution in [0.3, 0.4) is 0 Å². The van der Waals surface area contributed by atoms with E-state index in [-0.39, 0.29) is 0 Å². The van der Waals surface area contributed by atoms with E-state index in [1.54, 1.807) is 0 Å². The van der Waals surface area contributed by atoms with Crippen LogP contribution in [0.1, 0.15) is 36.5 Å². The Labute approximate surface area is 125 Å². The molecule has 0 aliphatic heterocycles. The van der Waals surface area contributed by atoms with Crippen molar-refractivity contribution >= 4 is 18.7 Å². The van der Waals surface area contributed by atoms with E-state index < -0.39 is 11.9 Å². The third kappa shape index (κ3) is 4.41. The Bertz CT molecular complexity index is 514. The normalized spacial score (nSPS) is 11.6. The molecule has 0 aromatic heterocycles. The van der Waals surface area contributed by atoms with Crippen LogP contribution < -0.4 is 5.32 Å². The van der Waals surface area contributed by atoms with Gasteiger partial charge in [-0.1, -0.05) is 31.5 Å². The van der Waals surface area contributed by atoms with Gasteiger partial charge in [-0.25, -0.2) is 0 Å². The first-order valence-corrected chi connectivity index (χ1v) is 7.05. The summed E-state index contributed by atoms with van der Waals surface area (Å²) < 4.78 is 0. The average Bonchev–Trinajstić information content (AvgIpc) is 2.47. The maximum absolute atomic E-state index is 11.9. The molecular weight excluding hydrogens is 268 g/mol. The molecule has 0 saturated heterocycles. The molecule has 1 aromatic carbocycles. The lowest BCUT2D eigenvalue weighted by Crippen LogP contribution is -2.45. The summed E-state index contributed by atoms with van der Waals surface area (Å²) in [7, 11) is 0. The summed E-state index contributed by atoms with van der Waals surface area (Å²) in [5.74, 6) is -0.441. The van der Waals surface area contributed by atoms with E-state index in [2.05, 4.69) is 5.32 Å². The molecule has 0 fully saturated rings. The molecule has 1 N–H and O–H groups in total.